The lowest BCUT2D eigenvalue weighted by molar-refractivity contribution is 0.414. The van der Waals surface area contributed by atoms with Crippen molar-refractivity contribution in [3.8, 4) is 5.75 Å². The molecule has 1 N–H and O–H groups in total. The van der Waals surface area contributed by atoms with Gasteiger partial charge in [0.1, 0.15) is 5.75 Å². The fraction of sp³-hybridized carbons (Fsp3) is 0.500. The van der Waals surface area contributed by atoms with Crippen LogP contribution in [0.1, 0.15) is 25.3 Å². The third-order valence-electron chi connectivity index (χ3n) is 4.58. The van der Waals surface area contributed by atoms with Crippen molar-refractivity contribution in [1.82, 2.24) is 10.2 Å². The van der Waals surface area contributed by atoms with Crippen LogP contribution in [0.15, 0.2) is 35.3 Å². The maximum Gasteiger partial charge on any atom is 0.194 e. The van der Waals surface area contributed by atoms with Crippen molar-refractivity contribution in [2.45, 2.75) is 25.8 Å². The molecule has 3 rings (SSSR count). The van der Waals surface area contributed by atoms with Crippen molar-refractivity contribution in [2.75, 3.05) is 27.2 Å². The lowest BCUT2D eigenvalue weighted by Crippen LogP contribution is -2.44. The molecule has 0 radical (unpaired) electrons. The van der Waals surface area contributed by atoms with Crippen molar-refractivity contribution in [3.05, 3.63) is 35.9 Å². The molecule has 1 aliphatic heterocycles. The highest BCUT2D eigenvalue weighted by molar-refractivity contribution is 14.0. The fourth-order valence-electron chi connectivity index (χ4n) is 2.93. The standard InChI is InChI=1S/C18H25N3O.HI/c1-13-11-17(13)20-18(19-2)21-9-7-14(8-10-21)15-5-4-6-16(12-15)22-3;/h4-7,12-13,17H,8-11H2,1-3H3,(H,19,20);1H. The number of hydrogen-bond donors (Lipinski definition) is 1. The van der Waals surface area contributed by atoms with E-state index in [-0.39, 0.29) is 24.0 Å². The van der Waals surface area contributed by atoms with E-state index in [0.29, 0.717) is 6.04 Å². The Labute approximate surface area is 156 Å². The van der Waals surface area contributed by atoms with E-state index in [2.05, 4.69) is 46.4 Å². The Balaban J connectivity index is 0.00000192. The minimum atomic E-state index is 0. The number of nitrogens with one attached hydrogen (secondary N) is 1. The summed E-state index contributed by atoms with van der Waals surface area (Å²) in [6.45, 7) is 4.19. The first kappa shape index (κ1) is 18.1. The van der Waals surface area contributed by atoms with E-state index >= 15 is 0 Å². The second-order valence-corrected chi connectivity index (χ2v) is 6.17. The average molecular weight is 427 g/mol. The Hall–Kier alpha value is -1.24. The molecule has 0 amide bonds. The number of nitrogens with zero attached hydrogens (tertiary/aromatic N) is 2. The minimum absolute atomic E-state index is 0. The van der Waals surface area contributed by atoms with Gasteiger partial charge in [-0.25, -0.2) is 0 Å². The number of rotatable bonds is 3. The van der Waals surface area contributed by atoms with Gasteiger partial charge in [0.15, 0.2) is 5.96 Å². The monoisotopic (exact) mass is 427 g/mol. The second-order valence-electron chi connectivity index (χ2n) is 6.17. The van der Waals surface area contributed by atoms with Crippen LogP contribution in [0.5, 0.6) is 5.75 Å². The number of ether oxygens (including phenoxy) is 1. The Morgan fingerprint density at radius 3 is 2.74 bits per heavy atom. The third kappa shape index (κ3) is 4.40. The molecule has 1 aromatic carbocycles. The molecule has 0 bridgehead atoms. The number of aliphatic imine (C=N–C) groups is 1. The first-order chi connectivity index (χ1) is 10.7. The van der Waals surface area contributed by atoms with Crippen LogP contribution in [0.3, 0.4) is 0 Å². The number of methoxy groups -OCH3 is 1. The van der Waals surface area contributed by atoms with Crippen LogP contribution in [0.4, 0.5) is 0 Å². The Kier molecular flexibility index (Phi) is 6.33. The van der Waals surface area contributed by atoms with Gasteiger partial charge in [-0.1, -0.05) is 25.1 Å². The predicted octanol–water partition coefficient (Wildman–Crippen LogP) is 3.39. The van der Waals surface area contributed by atoms with Crippen molar-refractivity contribution >= 4 is 35.5 Å². The minimum Gasteiger partial charge on any atom is -0.497 e. The number of hydrogen-bond acceptors (Lipinski definition) is 2. The zero-order chi connectivity index (χ0) is 15.5. The van der Waals surface area contributed by atoms with Gasteiger partial charge in [-0.3, -0.25) is 4.99 Å². The number of halogens is 1. The highest BCUT2D eigenvalue weighted by atomic mass is 127. The van der Waals surface area contributed by atoms with Gasteiger partial charge in [-0.15, -0.1) is 24.0 Å². The van der Waals surface area contributed by atoms with Crippen LogP contribution < -0.4 is 10.1 Å². The highest BCUT2D eigenvalue weighted by Crippen LogP contribution is 2.30. The van der Waals surface area contributed by atoms with Gasteiger partial charge < -0.3 is 15.0 Å². The summed E-state index contributed by atoms with van der Waals surface area (Å²) in [7, 11) is 3.58. The summed E-state index contributed by atoms with van der Waals surface area (Å²) in [4.78, 5) is 6.76. The van der Waals surface area contributed by atoms with Crippen molar-refractivity contribution in [1.29, 1.82) is 0 Å². The molecule has 0 aromatic heterocycles. The number of benzene rings is 1. The van der Waals surface area contributed by atoms with Gasteiger partial charge in [0.2, 0.25) is 0 Å². The van der Waals surface area contributed by atoms with E-state index in [9.17, 15) is 0 Å². The van der Waals surface area contributed by atoms with Crippen molar-refractivity contribution < 1.29 is 4.74 Å². The molecule has 23 heavy (non-hydrogen) atoms. The summed E-state index contributed by atoms with van der Waals surface area (Å²) in [6.07, 6.45) is 4.60. The molecule has 4 nitrogen and oxygen atoms in total. The molecule has 1 aliphatic carbocycles. The van der Waals surface area contributed by atoms with Crippen LogP contribution in [-0.4, -0.2) is 44.1 Å². The van der Waals surface area contributed by atoms with Crippen molar-refractivity contribution in [2.24, 2.45) is 10.9 Å². The van der Waals surface area contributed by atoms with E-state index in [1.165, 1.54) is 17.6 Å². The van der Waals surface area contributed by atoms with Crippen LogP contribution in [0.25, 0.3) is 5.57 Å². The normalized spacial score (nSPS) is 23.7. The second kappa shape index (κ2) is 8.04. The van der Waals surface area contributed by atoms with E-state index in [4.69, 9.17) is 4.74 Å². The summed E-state index contributed by atoms with van der Waals surface area (Å²) in [5.41, 5.74) is 2.66. The van der Waals surface area contributed by atoms with Crippen LogP contribution in [-0.2, 0) is 0 Å². The molecule has 1 heterocycles. The quantitative estimate of drug-likeness (QED) is 0.457. The largest absolute Gasteiger partial charge is 0.497 e. The fourth-order valence-corrected chi connectivity index (χ4v) is 2.93. The maximum atomic E-state index is 5.32. The zero-order valence-electron chi connectivity index (χ0n) is 14.1. The molecule has 0 saturated heterocycles. The Morgan fingerprint density at radius 2 is 2.17 bits per heavy atom. The molecular weight excluding hydrogens is 401 g/mol. The molecule has 1 aromatic rings. The summed E-state index contributed by atoms with van der Waals surface area (Å²) >= 11 is 0. The third-order valence-corrected chi connectivity index (χ3v) is 4.58. The molecule has 2 unspecified atom stereocenters. The van der Waals surface area contributed by atoms with Crippen LogP contribution >= 0.6 is 24.0 Å². The molecule has 1 saturated carbocycles. The molecule has 1 fully saturated rings. The van der Waals surface area contributed by atoms with Crippen LogP contribution in [0, 0.1) is 5.92 Å². The molecular formula is C18H26IN3O. The van der Waals surface area contributed by atoms with Gasteiger partial charge in [0.25, 0.3) is 0 Å². The Morgan fingerprint density at radius 1 is 1.39 bits per heavy atom. The summed E-state index contributed by atoms with van der Waals surface area (Å²) in [6, 6.07) is 8.92. The van der Waals surface area contributed by atoms with E-state index in [1.807, 2.05) is 13.1 Å². The lowest BCUT2D eigenvalue weighted by atomic mass is 9.99. The first-order valence-corrected chi connectivity index (χ1v) is 8.03. The van der Waals surface area contributed by atoms with E-state index < -0.39 is 0 Å². The van der Waals surface area contributed by atoms with Crippen LogP contribution in [0.2, 0.25) is 0 Å². The molecule has 126 valence electrons. The lowest BCUT2D eigenvalue weighted by Gasteiger charge is -2.30. The molecule has 2 atom stereocenters. The first-order valence-electron chi connectivity index (χ1n) is 8.03. The van der Waals surface area contributed by atoms with Gasteiger partial charge >= 0.3 is 0 Å². The van der Waals surface area contributed by atoms with E-state index in [1.54, 1.807) is 7.11 Å². The maximum absolute atomic E-state index is 5.32. The van der Waals surface area contributed by atoms with Gasteiger partial charge in [0.05, 0.1) is 7.11 Å². The predicted molar refractivity (Wildman–Crippen MR) is 107 cm³/mol. The smallest absolute Gasteiger partial charge is 0.194 e. The summed E-state index contributed by atoms with van der Waals surface area (Å²) in [5.74, 6) is 2.74. The summed E-state index contributed by atoms with van der Waals surface area (Å²) < 4.78 is 5.32. The zero-order valence-corrected chi connectivity index (χ0v) is 16.4. The molecule has 5 heteroatoms. The van der Waals surface area contributed by atoms with E-state index in [0.717, 1.165) is 37.1 Å². The molecule has 0 spiro atoms. The van der Waals surface area contributed by atoms with Crippen molar-refractivity contribution in [3.63, 3.8) is 0 Å². The number of guanidine groups is 1. The average Bonchev–Trinajstić information content (AvgIpc) is 3.28. The topological polar surface area (TPSA) is 36.9 Å². The molecule has 2 aliphatic rings. The van der Waals surface area contributed by atoms with Gasteiger partial charge in [-0.2, -0.15) is 0 Å². The van der Waals surface area contributed by atoms with Gasteiger partial charge in [-0.05, 0) is 42.0 Å². The Bertz CT molecular complexity index is 600. The van der Waals surface area contributed by atoms with Gasteiger partial charge in [0, 0.05) is 26.2 Å². The summed E-state index contributed by atoms with van der Waals surface area (Å²) in [5, 5.41) is 3.56. The SMILES string of the molecule is CN=C(NC1CC1C)N1CC=C(c2cccc(OC)c2)CC1.I. The highest BCUT2D eigenvalue weighted by Gasteiger charge is 2.34.